The van der Waals surface area contributed by atoms with Crippen molar-refractivity contribution in [2.24, 2.45) is 0 Å². The van der Waals surface area contributed by atoms with Crippen molar-refractivity contribution in [1.29, 1.82) is 0 Å². The van der Waals surface area contributed by atoms with Gasteiger partial charge in [-0.2, -0.15) is 13.2 Å². The van der Waals surface area contributed by atoms with Gasteiger partial charge in [-0.1, -0.05) is 24.6 Å². The molecular formula is C14H18F3N. The van der Waals surface area contributed by atoms with Crippen LogP contribution in [0, 0.1) is 0 Å². The third-order valence-electron chi connectivity index (χ3n) is 3.79. The summed E-state index contributed by atoms with van der Waals surface area (Å²) in [5.41, 5.74) is -0.00305. The van der Waals surface area contributed by atoms with Gasteiger partial charge in [0.15, 0.2) is 0 Å². The van der Waals surface area contributed by atoms with Crippen LogP contribution < -0.4 is 5.32 Å². The molecule has 1 nitrogen and oxygen atoms in total. The molecule has 0 aromatic heterocycles. The highest BCUT2D eigenvalue weighted by molar-refractivity contribution is 5.33. The number of alkyl halides is 3. The lowest BCUT2D eigenvalue weighted by molar-refractivity contribution is -0.138. The molecule has 0 amide bonds. The second-order valence-electron chi connectivity index (χ2n) is 4.93. The van der Waals surface area contributed by atoms with Crippen molar-refractivity contribution < 1.29 is 13.2 Å². The summed E-state index contributed by atoms with van der Waals surface area (Å²) in [6.07, 6.45) is -0.554. The molecule has 0 heterocycles. The third kappa shape index (κ3) is 2.86. The fourth-order valence-electron chi connectivity index (χ4n) is 2.85. The minimum atomic E-state index is -4.25. The summed E-state index contributed by atoms with van der Waals surface area (Å²) < 4.78 is 38.9. The molecule has 1 aromatic carbocycles. The highest BCUT2D eigenvalue weighted by Crippen LogP contribution is 2.40. The van der Waals surface area contributed by atoms with Gasteiger partial charge >= 0.3 is 6.18 Å². The third-order valence-corrected chi connectivity index (χ3v) is 3.79. The van der Waals surface area contributed by atoms with Crippen LogP contribution in [0.25, 0.3) is 0 Å². The molecule has 2 unspecified atom stereocenters. The highest BCUT2D eigenvalue weighted by Gasteiger charge is 2.35. The van der Waals surface area contributed by atoms with E-state index in [0.29, 0.717) is 11.6 Å². The van der Waals surface area contributed by atoms with Crippen LogP contribution in [0.3, 0.4) is 0 Å². The summed E-state index contributed by atoms with van der Waals surface area (Å²) in [7, 11) is 1.88. The monoisotopic (exact) mass is 257 g/mol. The molecule has 1 aliphatic carbocycles. The van der Waals surface area contributed by atoms with E-state index in [0.717, 1.165) is 25.7 Å². The fourth-order valence-corrected chi connectivity index (χ4v) is 2.85. The van der Waals surface area contributed by atoms with Gasteiger partial charge in [0.25, 0.3) is 0 Å². The molecule has 0 aliphatic heterocycles. The predicted octanol–water partition coefficient (Wildman–Crippen LogP) is 3.95. The largest absolute Gasteiger partial charge is 0.416 e. The lowest BCUT2D eigenvalue weighted by atomic mass is 9.79. The summed E-state index contributed by atoms with van der Waals surface area (Å²) in [4.78, 5) is 0. The quantitative estimate of drug-likeness (QED) is 0.845. The number of nitrogens with one attached hydrogen (secondary N) is 1. The Morgan fingerprint density at radius 3 is 2.56 bits per heavy atom. The Kier molecular flexibility index (Phi) is 3.95. The van der Waals surface area contributed by atoms with E-state index in [9.17, 15) is 13.2 Å². The zero-order chi connectivity index (χ0) is 13.2. The Labute approximate surface area is 105 Å². The lowest BCUT2D eigenvalue weighted by Crippen LogP contribution is -2.31. The first kappa shape index (κ1) is 13.4. The zero-order valence-corrected chi connectivity index (χ0v) is 10.4. The predicted molar refractivity (Wildman–Crippen MR) is 65.5 cm³/mol. The average Bonchev–Trinajstić information content (AvgIpc) is 2.38. The molecule has 2 atom stereocenters. The van der Waals surface area contributed by atoms with Gasteiger partial charge in [-0.05, 0) is 43.9 Å². The van der Waals surface area contributed by atoms with Crippen molar-refractivity contribution in [3.05, 3.63) is 35.4 Å². The van der Waals surface area contributed by atoms with Crippen LogP contribution in [0.1, 0.15) is 42.7 Å². The molecule has 2 rings (SSSR count). The summed E-state index contributed by atoms with van der Waals surface area (Å²) in [5, 5.41) is 3.18. The molecular weight excluding hydrogens is 239 g/mol. The average molecular weight is 257 g/mol. The SMILES string of the molecule is CNC1CCCC(c2ccccc2C(F)(F)F)C1. The lowest BCUT2D eigenvalue weighted by Gasteiger charge is -2.30. The van der Waals surface area contributed by atoms with Crippen molar-refractivity contribution >= 4 is 0 Å². The summed E-state index contributed by atoms with van der Waals surface area (Å²) in [5.74, 6) is 0.0222. The molecule has 1 N–H and O–H groups in total. The van der Waals surface area contributed by atoms with Gasteiger partial charge in [0.1, 0.15) is 0 Å². The van der Waals surface area contributed by atoms with Crippen LogP contribution >= 0.6 is 0 Å². The van der Waals surface area contributed by atoms with Gasteiger partial charge in [-0.3, -0.25) is 0 Å². The molecule has 100 valence electrons. The van der Waals surface area contributed by atoms with Crippen molar-refractivity contribution in [3.8, 4) is 0 Å². The summed E-state index contributed by atoms with van der Waals surface area (Å²) in [6.45, 7) is 0. The second kappa shape index (κ2) is 5.31. The molecule has 1 fully saturated rings. The van der Waals surface area contributed by atoms with E-state index in [1.165, 1.54) is 12.1 Å². The minimum absolute atomic E-state index is 0.0222. The molecule has 0 spiro atoms. The Morgan fingerprint density at radius 1 is 1.17 bits per heavy atom. The standard InChI is InChI=1S/C14H18F3N/c1-18-11-6-4-5-10(9-11)12-7-2-3-8-13(12)14(15,16)17/h2-3,7-8,10-11,18H,4-6,9H2,1H3. The molecule has 4 heteroatoms. The highest BCUT2D eigenvalue weighted by atomic mass is 19.4. The first-order valence-corrected chi connectivity index (χ1v) is 6.35. The Hall–Kier alpha value is -1.03. The van der Waals surface area contributed by atoms with Gasteiger partial charge in [0.05, 0.1) is 5.56 Å². The summed E-state index contributed by atoms with van der Waals surface area (Å²) in [6, 6.07) is 6.33. The molecule has 1 saturated carbocycles. The van der Waals surface area contributed by atoms with E-state index < -0.39 is 11.7 Å². The van der Waals surface area contributed by atoms with Crippen LogP contribution in [0.5, 0.6) is 0 Å². The van der Waals surface area contributed by atoms with Crippen molar-refractivity contribution in [3.63, 3.8) is 0 Å². The number of rotatable bonds is 2. The first-order valence-electron chi connectivity index (χ1n) is 6.35. The van der Waals surface area contributed by atoms with Crippen LogP contribution in [0.15, 0.2) is 24.3 Å². The maximum Gasteiger partial charge on any atom is 0.416 e. The number of hydrogen-bond acceptors (Lipinski definition) is 1. The number of hydrogen-bond donors (Lipinski definition) is 1. The fraction of sp³-hybridized carbons (Fsp3) is 0.571. The smallest absolute Gasteiger partial charge is 0.317 e. The summed E-state index contributed by atoms with van der Waals surface area (Å²) >= 11 is 0. The van der Waals surface area contributed by atoms with E-state index in [-0.39, 0.29) is 5.92 Å². The molecule has 18 heavy (non-hydrogen) atoms. The number of halogens is 3. The van der Waals surface area contributed by atoms with Crippen LogP contribution in [-0.2, 0) is 6.18 Å². The van der Waals surface area contributed by atoms with E-state index >= 15 is 0 Å². The normalized spacial score (nSPS) is 25.1. The van der Waals surface area contributed by atoms with Gasteiger partial charge in [0.2, 0.25) is 0 Å². The van der Waals surface area contributed by atoms with Crippen LogP contribution in [-0.4, -0.2) is 13.1 Å². The van der Waals surface area contributed by atoms with Crippen molar-refractivity contribution in [2.75, 3.05) is 7.05 Å². The van der Waals surface area contributed by atoms with Crippen LogP contribution in [0.2, 0.25) is 0 Å². The Morgan fingerprint density at radius 2 is 1.89 bits per heavy atom. The van der Waals surface area contributed by atoms with E-state index in [4.69, 9.17) is 0 Å². The minimum Gasteiger partial charge on any atom is -0.317 e. The molecule has 0 saturated heterocycles. The van der Waals surface area contributed by atoms with Gasteiger partial charge in [-0.15, -0.1) is 0 Å². The van der Waals surface area contributed by atoms with Crippen molar-refractivity contribution in [1.82, 2.24) is 5.32 Å². The van der Waals surface area contributed by atoms with Crippen LogP contribution in [0.4, 0.5) is 13.2 Å². The topological polar surface area (TPSA) is 12.0 Å². The Balaban J connectivity index is 2.27. The molecule has 1 aromatic rings. The van der Waals surface area contributed by atoms with Gasteiger partial charge < -0.3 is 5.32 Å². The van der Waals surface area contributed by atoms with E-state index in [2.05, 4.69) is 5.32 Å². The van der Waals surface area contributed by atoms with E-state index in [1.807, 2.05) is 7.05 Å². The first-order chi connectivity index (χ1) is 8.52. The molecule has 0 radical (unpaired) electrons. The maximum atomic E-state index is 13.0. The molecule has 0 bridgehead atoms. The second-order valence-corrected chi connectivity index (χ2v) is 4.93. The zero-order valence-electron chi connectivity index (χ0n) is 10.4. The maximum absolute atomic E-state index is 13.0. The van der Waals surface area contributed by atoms with Gasteiger partial charge in [-0.25, -0.2) is 0 Å². The van der Waals surface area contributed by atoms with Gasteiger partial charge in [0, 0.05) is 6.04 Å². The van der Waals surface area contributed by atoms with Crippen molar-refractivity contribution in [2.45, 2.75) is 43.8 Å². The molecule has 1 aliphatic rings. The number of benzene rings is 1. The van der Waals surface area contributed by atoms with E-state index in [1.54, 1.807) is 12.1 Å². The Bertz CT molecular complexity index is 400.